The average molecular weight is 366 g/mol. The van der Waals surface area contributed by atoms with Gasteiger partial charge in [-0.3, -0.25) is 4.79 Å². The van der Waals surface area contributed by atoms with Crippen molar-refractivity contribution in [1.29, 1.82) is 0 Å². The lowest BCUT2D eigenvalue weighted by molar-refractivity contribution is 0.0954. The summed E-state index contributed by atoms with van der Waals surface area (Å²) in [6.45, 7) is -0.191. The molecule has 0 radical (unpaired) electrons. The number of ether oxygens (including phenoxy) is 1. The molecule has 2 rings (SSSR count). The Morgan fingerprint density at radius 1 is 1.08 bits per heavy atom. The third kappa shape index (κ3) is 5.84. The summed E-state index contributed by atoms with van der Waals surface area (Å²) in [7, 11) is -3.70. The molecule has 0 bridgehead atoms. The van der Waals surface area contributed by atoms with Gasteiger partial charge in [0, 0.05) is 12.1 Å². The van der Waals surface area contributed by atoms with E-state index in [1.54, 1.807) is 36.4 Å². The summed E-state index contributed by atoms with van der Waals surface area (Å²) in [4.78, 5) is 12.1. The molecular formula is C17H19FN2O4S. The minimum Gasteiger partial charge on any atom is -0.491 e. The predicted molar refractivity (Wildman–Crippen MR) is 91.8 cm³/mol. The van der Waals surface area contributed by atoms with Gasteiger partial charge in [-0.05, 0) is 48.4 Å². The standard InChI is InChI=1S/C17H19FN2O4S/c18-10-12-24-15-5-3-14(4-6-15)17(21)20-11-9-13-1-7-16(8-2-13)25(19,22)23/h1-8H,9-12H2,(H,20,21)(H2,19,22,23). The maximum absolute atomic E-state index is 12.0. The number of alkyl halides is 1. The van der Waals surface area contributed by atoms with E-state index in [1.807, 2.05) is 0 Å². The fraction of sp³-hybridized carbons (Fsp3) is 0.235. The van der Waals surface area contributed by atoms with Crippen molar-refractivity contribution in [3.05, 3.63) is 59.7 Å². The molecule has 0 atom stereocenters. The first kappa shape index (κ1) is 18.9. The van der Waals surface area contributed by atoms with Gasteiger partial charge in [-0.2, -0.15) is 0 Å². The Hall–Kier alpha value is -2.45. The van der Waals surface area contributed by atoms with Crippen molar-refractivity contribution in [1.82, 2.24) is 5.32 Å². The molecule has 0 aliphatic rings. The predicted octanol–water partition coefficient (Wildman–Crippen LogP) is 1.65. The molecule has 0 heterocycles. The second kappa shape index (κ2) is 8.59. The number of hydrogen-bond acceptors (Lipinski definition) is 4. The molecule has 3 N–H and O–H groups in total. The zero-order valence-electron chi connectivity index (χ0n) is 13.4. The zero-order valence-corrected chi connectivity index (χ0v) is 14.3. The summed E-state index contributed by atoms with van der Waals surface area (Å²) in [5.74, 6) is 0.266. The van der Waals surface area contributed by atoms with Gasteiger partial charge < -0.3 is 10.1 Å². The van der Waals surface area contributed by atoms with Gasteiger partial charge in [-0.15, -0.1) is 0 Å². The lowest BCUT2D eigenvalue weighted by Gasteiger charge is -2.07. The number of rotatable bonds is 8. The van der Waals surface area contributed by atoms with Crippen LogP contribution in [0.2, 0.25) is 0 Å². The lowest BCUT2D eigenvalue weighted by atomic mass is 10.1. The van der Waals surface area contributed by atoms with E-state index >= 15 is 0 Å². The van der Waals surface area contributed by atoms with Gasteiger partial charge >= 0.3 is 0 Å². The Balaban J connectivity index is 1.83. The van der Waals surface area contributed by atoms with E-state index in [9.17, 15) is 17.6 Å². The van der Waals surface area contributed by atoms with Crippen LogP contribution in [0.15, 0.2) is 53.4 Å². The van der Waals surface area contributed by atoms with Crippen LogP contribution in [0.4, 0.5) is 4.39 Å². The summed E-state index contributed by atoms with van der Waals surface area (Å²) in [6.07, 6.45) is 0.550. The van der Waals surface area contributed by atoms with Crippen molar-refractivity contribution in [2.24, 2.45) is 5.14 Å². The smallest absolute Gasteiger partial charge is 0.251 e. The SMILES string of the molecule is NS(=O)(=O)c1ccc(CCNC(=O)c2ccc(OCCF)cc2)cc1. The third-order valence-electron chi connectivity index (χ3n) is 3.41. The zero-order chi connectivity index (χ0) is 18.3. The van der Waals surface area contributed by atoms with Gasteiger partial charge in [-0.25, -0.2) is 17.9 Å². The maximum Gasteiger partial charge on any atom is 0.251 e. The molecule has 2 aromatic carbocycles. The maximum atomic E-state index is 12.0. The minimum atomic E-state index is -3.70. The minimum absolute atomic E-state index is 0.0181. The van der Waals surface area contributed by atoms with Crippen molar-refractivity contribution in [2.75, 3.05) is 19.8 Å². The Bertz CT molecular complexity index is 806. The largest absolute Gasteiger partial charge is 0.491 e. The molecule has 1 amide bonds. The second-order valence-electron chi connectivity index (χ2n) is 5.26. The Kier molecular flexibility index (Phi) is 6.49. The number of carbonyl (C=O) groups excluding carboxylic acids is 1. The number of primary sulfonamides is 1. The quantitative estimate of drug-likeness (QED) is 0.742. The van der Waals surface area contributed by atoms with E-state index in [-0.39, 0.29) is 17.4 Å². The number of amides is 1. The first-order valence-corrected chi connectivity index (χ1v) is 9.13. The van der Waals surface area contributed by atoms with E-state index in [0.717, 1.165) is 5.56 Å². The van der Waals surface area contributed by atoms with Crippen LogP contribution in [-0.4, -0.2) is 34.2 Å². The fourth-order valence-corrected chi connectivity index (χ4v) is 2.64. The van der Waals surface area contributed by atoms with E-state index in [1.165, 1.54) is 12.1 Å². The van der Waals surface area contributed by atoms with Crippen molar-refractivity contribution in [3.8, 4) is 5.75 Å². The number of nitrogens with two attached hydrogens (primary N) is 1. The van der Waals surface area contributed by atoms with Gasteiger partial charge in [0.15, 0.2) is 0 Å². The van der Waals surface area contributed by atoms with Crippen molar-refractivity contribution >= 4 is 15.9 Å². The molecule has 0 aliphatic heterocycles. The average Bonchev–Trinajstić information content (AvgIpc) is 2.60. The molecule has 0 saturated heterocycles. The van der Waals surface area contributed by atoms with Crippen LogP contribution in [-0.2, 0) is 16.4 Å². The van der Waals surface area contributed by atoms with E-state index < -0.39 is 16.7 Å². The van der Waals surface area contributed by atoms with Crippen LogP contribution in [0, 0.1) is 0 Å². The highest BCUT2D eigenvalue weighted by atomic mass is 32.2. The highest BCUT2D eigenvalue weighted by Gasteiger charge is 2.08. The van der Waals surface area contributed by atoms with Gasteiger partial charge in [-0.1, -0.05) is 12.1 Å². The first-order chi connectivity index (χ1) is 11.9. The molecule has 25 heavy (non-hydrogen) atoms. The highest BCUT2D eigenvalue weighted by molar-refractivity contribution is 7.89. The third-order valence-corrected chi connectivity index (χ3v) is 4.34. The molecule has 0 spiro atoms. The number of halogens is 1. The normalized spacial score (nSPS) is 11.1. The molecule has 0 fully saturated rings. The summed E-state index contributed by atoms with van der Waals surface area (Å²) in [5.41, 5.74) is 1.35. The Morgan fingerprint density at radius 2 is 1.72 bits per heavy atom. The number of sulfonamides is 1. The summed E-state index contributed by atoms with van der Waals surface area (Å²) >= 11 is 0. The van der Waals surface area contributed by atoms with Crippen molar-refractivity contribution in [2.45, 2.75) is 11.3 Å². The van der Waals surface area contributed by atoms with E-state index in [4.69, 9.17) is 9.88 Å². The molecule has 0 unspecified atom stereocenters. The van der Waals surface area contributed by atoms with Crippen LogP contribution in [0.3, 0.4) is 0 Å². The monoisotopic (exact) mass is 366 g/mol. The van der Waals surface area contributed by atoms with Crippen LogP contribution < -0.4 is 15.2 Å². The van der Waals surface area contributed by atoms with Gasteiger partial charge in [0.25, 0.3) is 5.91 Å². The number of hydrogen-bond donors (Lipinski definition) is 2. The van der Waals surface area contributed by atoms with Crippen molar-refractivity contribution in [3.63, 3.8) is 0 Å². The molecule has 0 aliphatic carbocycles. The number of carbonyl (C=O) groups is 1. The van der Waals surface area contributed by atoms with Crippen LogP contribution in [0.5, 0.6) is 5.75 Å². The van der Waals surface area contributed by atoms with Crippen LogP contribution >= 0.6 is 0 Å². The fourth-order valence-electron chi connectivity index (χ4n) is 2.13. The molecule has 8 heteroatoms. The Morgan fingerprint density at radius 3 is 2.28 bits per heavy atom. The lowest BCUT2D eigenvalue weighted by Crippen LogP contribution is -2.25. The molecule has 6 nitrogen and oxygen atoms in total. The topological polar surface area (TPSA) is 98.5 Å². The molecule has 2 aromatic rings. The second-order valence-corrected chi connectivity index (χ2v) is 6.82. The Labute approximate surface area is 145 Å². The van der Waals surface area contributed by atoms with Gasteiger partial charge in [0.05, 0.1) is 4.90 Å². The van der Waals surface area contributed by atoms with Crippen molar-refractivity contribution < 1.29 is 22.3 Å². The van der Waals surface area contributed by atoms with Crippen LogP contribution in [0.25, 0.3) is 0 Å². The van der Waals surface area contributed by atoms with Gasteiger partial charge in [0.1, 0.15) is 19.0 Å². The summed E-state index contributed by atoms with van der Waals surface area (Å²) in [5, 5.41) is 7.81. The van der Waals surface area contributed by atoms with Gasteiger partial charge in [0.2, 0.25) is 10.0 Å². The van der Waals surface area contributed by atoms with E-state index in [2.05, 4.69) is 5.32 Å². The molecule has 0 saturated carbocycles. The summed E-state index contributed by atoms with van der Waals surface area (Å²) < 4.78 is 39.5. The highest BCUT2D eigenvalue weighted by Crippen LogP contribution is 2.12. The first-order valence-electron chi connectivity index (χ1n) is 7.59. The molecule has 134 valence electrons. The van der Waals surface area contributed by atoms with E-state index in [0.29, 0.717) is 24.3 Å². The van der Waals surface area contributed by atoms with Crippen LogP contribution in [0.1, 0.15) is 15.9 Å². The number of nitrogens with one attached hydrogen (secondary N) is 1. The summed E-state index contributed by atoms with van der Waals surface area (Å²) in [6, 6.07) is 12.6. The molecule has 0 aromatic heterocycles. The number of benzene rings is 2. The molecular weight excluding hydrogens is 347 g/mol.